The number of pyridine rings is 2. The Morgan fingerprint density at radius 3 is 2.66 bits per heavy atom. The molecule has 1 aliphatic heterocycles. The SMILES string of the molecule is Cn1cc(-c2cccc(NC(=O)c3cc4c(s3)CCCCC4)c2F)cc(Nc2ccc(N3CCSCC3)cn2)c1=O. The maximum Gasteiger partial charge on any atom is 0.274 e. The molecule has 0 unspecified atom stereocenters. The van der Waals surface area contributed by atoms with Crippen molar-refractivity contribution in [1.29, 1.82) is 0 Å². The molecule has 4 aromatic rings. The van der Waals surface area contributed by atoms with E-state index in [0.717, 1.165) is 56.0 Å². The largest absolute Gasteiger partial charge is 0.369 e. The molecule has 0 spiro atoms. The molecular weight excluding hydrogens is 558 g/mol. The molecule has 0 atom stereocenters. The van der Waals surface area contributed by atoms with Crippen LogP contribution in [-0.4, -0.2) is 40.1 Å². The Balaban J connectivity index is 1.23. The predicted molar refractivity (Wildman–Crippen MR) is 168 cm³/mol. The summed E-state index contributed by atoms with van der Waals surface area (Å²) in [5, 5.41) is 5.88. The van der Waals surface area contributed by atoms with Gasteiger partial charge < -0.3 is 20.1 Å². The highest BCUT2D eigenvalue weighted by atomic mass is 32.2. The normalized spacial score (nSPS) is 15.2. The number of aryl methyl sites for hydroxylation is 3. The maximum absolute atomic E-state index is 15.8. The Morgan fingerprint density at radius 1 is 1.02 bits per heavy atom. The molecule has 6 rings (SSSR count). The highest BCUT2D eigenvalue weighted by Crippen LogP contribution is 2.32. The monoisotopic (exact) mass is 589 g/mol. The molecule has 212 valence electrons. The molecule has 0 saturated carbocycles. The molecule has 1 fully saturated rings. The van der Waals surface area contributed by atoms with Gasteiger partial charge in [0.15, 0.2) is 5.82 Å². The van der Waals surface area contributed by atoms with Crippen LogP contribution in [0.2, 0.25) is 0 Å². The summed E-state index contributed by atoms with van der Waals surface area (Å²) in [5.41, 5.74) is 3.23. The third-order valence-electron chi connectivity index (χ3n) is 7.60. The first-order chi connectivity index (χ1) is 20.0. The molecule has 0 radical (unpaired) electrons. The molecule has 3 aromatic heterocycles. The average Bonchev–Trinajstić information content (AvgIpc) is 3.27. The standard InChI is InChI=1S/C31H32FN5O2S2/c1-36-19-21(16-25(31(36)39)34-28-11-10-22(18-33-28)37-12-14-40-15-13-37)23-7-5-8-24(29(23)32)35-30(38)27-17-20-6-3-2-4-9-26(20)41-27/h5,7-8,10-11,16-19H,2-4,6,9,12-15H2,1H3,(H,33,34)(H,35,38). The lowest BCUT2D eigenvalue weighted by Crippen LogP contribution is -2.32. The molecule has 2 N–H and O–H groups in total. The summed E-state index contributed by atoms with van der Waals surface area (Å²) in [6, 6.07) is 12.3. The Hall–Kier alpha value is -3.63. The maximum atomic E-state index is 15.8. The lowest BCUT2D eigenvalue weighted by atomic mass is 10.1. The Labute approximate surface area is 246 Å². The van der Waals surface area contributed by atoms with Crippen LogP contribution < -0.4 is 21.1 Å². The zero-order valence-electron chi connectivity index (χ0n) is 22.9. The summed E-state index contributed by atoms with van der Waals surface area (Å²) in [4.78, 5) is 34.7. The number of nitrogens with zero attached hydrogens (tertiary/aromatic N) is 3. The lowest BCUT2D eigenvalue weighted by molar-refractivity contribution is 0.103. The number of carbonyl (C=O) groups excluding carboxylic acids is 1. The number of thiophene rings is 1. The van der Waals surface area contributed by atoms with Crippen LogP contribution in [0.1, 0.15) is 39.4 Å². The molecule has 1 aliphatic carbocycles. The number of anilines is 4. The van der Waals surface area contributed by atoms with E-state index < -0.39 is 5.82 Å². The number of amides is 1. The molecule has 7 nitrogen and oxygen atoms in total. The van der Waals surface area contributed by atoms with Crippen molar-refractivity contribution in [2.75, 3.05) is 40.1 Å². The smallest absolute Gasteiger partial charge is 0.274 e. The summed E-state index contributed by atoms with van der Waals surface area (Å²) in [6.07, 6.45) is 8.88. The van der Waals surface area contributed by atoms with Crippen molar-refractivity contribution in [2.45, 2.75) is 32.1 Å². The van der Waals surface area contributed by atoms with Crippen LogP contribution in [0.3, 0.4) is 0 Å². The van der Waals surface area contributed by atoms with Gasteiger partial charge in [-0.3, -0.25) is 9.59 Å². The Kier molecular flexibility index (Phi) is 8.11. The van der Waals surface area contributed by atoms with E-state index in [2.05, 4.69) is 20.5 Å². The predicted octanol–water partition coefficient (Wildman–Crippen LogP) is 6.47. The van der Waals surface area contributed by atoms with Gasteiger partial charge in [-0.15, -0.1) is 11.3 Å². The number of fused-ring (bicyclic) bond motifs is 1. The van der Waals surface area contributed by atoms with E-state index in [1.807, 2.05) is 36.2 Å². The molecule has 1 aromatic carbocycles. The van der Waals surface area contributed by atoms with Crippen LogP contribution in [-0.2, 0) is 19.9 Å². The molecule has 1 saturated heterocycles. The topological polar surface area (TPSA) is 79.3 Å². The molecular formula is C31H32FN5O2S2. The van der Waals surface area contributed by atoms with E-state index in [4.69, 9.17) is 0 Å². The fraction of sp³-hybridized carbons (Fsp3) is 0.323. The van der Waals surface area contributed by atoms with Crippen molar-refractivity contribution in [3.8, 4) is 11.1 Å². The van der Waals surface area contributed by atoms with Gasteiger partial charge in [-0.1, -0.05) is 18.6 Å². The third kappa shape index (κ3) is 6.04. The summed E-state index contributed by atoms with van der Waals surface area (Å²) < 4.78 is 17.2. The Morgan fingerprint density at radius 2 is 1.85 bits per heavy atom. The summed E-state index contributed by atoms with van der Waals surface area (Å²) in [6.45, 7) is 1.98. The van der Waals surface area contributed by atoms with Gasteiger partial charge in [-0.25, -0.2) is 9.37 Å². The number of carbonyl (C=O) groups is 1. The highest BCUT2D eigenvalue weighted by molar-refractivity contribution is 7.99. The first-order valence-corrected chi connectivity index (χ1v) is 15.9. The lowest BCUT2D eigenvalue weighted by Gasteiger charge is -2.28. The quantitative estimate of drug-likeness (QED) is 0.251. The van der Waals surface area contributed by atoms with Crippen molar-refractivity contribution in [3.63, 3.8) is 0 Å². The van der Waals surface area contributed by atoms with Gasteiger partial charge >= 0.3 is 0 Å². The van der Waals surface area contributed by atoms with Crippen molar-refractivity contribution >= 4 is 51.9 Å². The van der Waals surface area contributed by atoms with Gasteiger partial charge in [-0.05, 0) is 61.6 Å². The van der Waals surface area contributed by atoms with Gasteiger partial charge in [0.05, 0.1) is 22.4 Å². The van der Waals surface area contributed by atoms with Crippen LogP contribution >= 0.6 is 23.1 Å². The number of benzene rings is 1. The number of nitrogens with one attached hydrogen (secondary N) is 2. The first-order valence-electron chi connectivity index (χ1n) is 13.9. The van der Waals surface area contributed by atoms with Crippen molar-refractivity contribution in [3.05, 3.63) is 86.3 Å². The summed E-state index contributed by atoms with van der Waals surface area (Å²) in [7, 11) is 1.63. The van der Waals surface area contributed by atoms with Crippen LogP contribution in [0.25, 0.3) is 11.1 Å². The van der Waals surface area contributed by atoms with Gasteiger partial charge in [0.25, 0.3) is 11.5 Å². The molecule has 2 aliphatic rings. The summed E-state index contributed by atoms with van der Waals surface area (Å²) >= 11 is 3.46. The van der Waals surface area contributed by atoms with Crippen molar-refractivity contribution in [2.24, 2.45) is 7.05 Å². The van der Waals surface area contributed by atoms with Crippen LogP contribution in [0.5, 0.6) is 0 Å². The van der Waals surface area contributed by atoms with Gasteiger partial charge in [-0.2, -0.15) is 11.8 Å². The van der Waals surface area contributed by atoms with E-state index in [-0.39, 0.29) is 28.4 Å². The fourth-order valence-electron chi connectivity index (χ4n) is 5.37. The zero-order valence-corrected chi connectivity index (χ0v) is 24.5. The van der Waals surface area contributed by atoms with Crippen LogP contribution in [0, 0.1) is 5.82 Å². The Bertz CT molecular complexity index is 1600. The molecule has 4 heterocycles. The summed E-state index contributed by atoms with van der Waals surface area (Å²) in [5.74, 6) is 1.87. The fourth-order valence-corrected chi connectivity index (χ4v) is 7.42. The van der Waals surface area contributed by atoms with Crippen LogP contribution in [0.15, 0.2) is 59.7 Å². The zero-order chi connectivity index (χ0) is 28.3. The number of hydrogen-bond acceptors (Lipinski definition) is 7. The number of rotatable bonds is 6. The first kappa shape index (κ1) is 27.5. The van der Waals surface area contributed by atoms with Crippen molar-refractivity contribution < 1.29 is 9.18 Å². The number of aromatic nitrogens is 2. The van der Waals surface area contributed by atoms with Gasteiger partial charge in [0.2, 0.25) is 0 Å². The second-order valence-electron chi connectivity index (χ2n) is 10.4. The van der Waals surface area contributed by atoms with E-state index >= 15 is 4.39 Å². The number of hydrogen-bond donors (Lipinski definition) is 2. The minimum Gasteiger partial charge on any atom is -0.369 e. The second-order valence-corrected chi connectivity index (χ2v) is 12.8. The van der Waals surface area contributed by atoms with E-state index in [0.29, 0.717) is 16.3 Å². The molecule has 41 heavy (non-hydrogen) atoms. The second kappa shape index (κ2) is 12.1. The van der Waals surface area contributed by atoms with Crippen molar-refractivity contribution in [1.82, 2.24) is 9.55 Å². The average molecular weight is 590 g/mol. The molecule has 0 bridgehead atoms. The van der Waals surface area contributed by atoms with Crippen LogP contribution in [0.4, 0.5) is 27.3 Å². The minimum absolute atomic E-state index is 0.104. The molecule has 10 heteroatoms. The van der Waals surface area contributed by atoms with Gasteiger partial charge in [0, 0.05) is 53.8 Å². The highest BCUT2D eigenvalue weighted by Gasteiger charge is 2.20. The minimum atomic E-state index is -0.550. The van der Waals surface area contributed by atoms with Gasteiger partial charge in [0.1, 0.15) is 11.5 Å². The van der Waals surface area contributed by atoms with E-state index in [9.17, 15) is 9.59 Å². The number of thioether (sulfide) groups is 1. The number of halogens is 1. The van der Waals surface area contributed by atoms with E-state index in [1.165, 1.54) is 32.8 Å². The third-order valence-corrected chi connectivity index (χ3v) is 9.78. The van der Waals surface area contributed by atoms with E-state index in [1.54, 1.807) is 37.5 Å². The molecule has 1 amide bonds.